The maximum absolute atomic E-state index is 13.0. The quantitative estimate of drug-likeness (QED) is 0.580. The van der Waals surface area contributed by atoms with Crippen molar-refractivity contribution in [2.75, 3.05) is 6.61 Å². The number of aliphatic imine (C=N–C) groups is 1. The number of Topliss-reactive ketones (excluding diaryl/α,β-unsaturated/α-hetero) is 2. The lowest BCUT2D eigenvalue weighted by molar-refractivity contribution is -0.115. The van der Waals surface area contributed by atoms with Crippen molar-refractivity contribution in [3.05, 3.63) is 64.2 Å². The van der Waals surface area contributed by atoms with E-state index in [1.807, 2.05) is 37.3 Å². The summed E-state index contributed by atoms with van der Waals surface area (Å²) in [6.07, 6.45) is 3.75. The number of hydrogen-bond acceptors (Lipinski definition) is 7. The summed E-state index contributed by atoms with van der Waals surface area (Å²) in [6, 6.07) is 9.58. The number of allylic oxidation sites excluding steroid dienone is 2. The number of benzene rings is 1. The molecular weight excluding hydrogens is 420 g/mol. The first-order valence-corrected chi connectivity index (χ1v) is 11.7. The lowest BCUT2D eigenvalue weighted by atomic mass is 9.81. The van der Waals surface area contributed by atoms with Crippen LogP contribution in [-0.4, -0.2) is 45.3 Å². The molecule has 0 aliphatic heterocycles. The fourth-order valence-electron chi connectivity index (χ4n) is 4.70. The Kier molecular flexibility index (Phi) is 7.18. The van der Waals surface area contributed by atoms with Gasteiger partial charge in [-0.05, 0) is 37.2 Å². The van der Waals surface area contributed by atoms with E-state index in [1.54, 1.807) is 0 Å². The van der Waals surface area contributed by atoms with E-state index in [2.05, 4.69) is 10.1 Å². The Bertz CT molecular complexity index is 1080. The Morgan fingerprint density at radius 2 is 1.97 bits per heavy atom. The maximum Gasteiger partial charge on any atom is 0.168 e. The molecule has 174 valence electrons. The van der Waals surface area contributed by atoms with Crippen LogP contribution in [0.5, 0.6) is 0 Å². The first kappa shape index (κ1) is 23.1. The third-order valence-electron chi connectivity index (χ3n) is 6.54. The van der Waals surface area contributed by atoms with Gasteiger partial charge in [0, 0.05) is 31.4 Å². The molecule has 1 aromatic heterocycles. The van der Waals surface area contributed by atoms with Crippen molar-refractivity contribution in [1.82, 2.24) is 5.16 Å². The Balaban J connectivity index is 1.57. The van der Waals surface area contributed by atoms with E-state index in [4.69, 9.17) is 4.52 Å². The summed E-state index contributed by atoms with van der Waals surface area (Å²) in [4.78, 5) is 30.2. The first-order valence-electron chi connectivity index (χ1n) is 11.7. The zero-order chi connectivity index (χ0) is 23.4. The van der Waals surface area contributed by atoms with Crippen molar-refractivity contribution >= 4 is 17.3 Å². The van der Waals surface area contributed by atoms with E-state index >= 15 is 0 Å². The van der Waals surface area contributed by atoms with Crippen LogP contribution in [0.4, 0.5) is 0 Å². The molecule has 0 spiro atoms. The molecule has 0 fully saturated rings. The topological polar surface area (TPSA) is 113 Å². The lowest BCUT2D eigenvalue weighted by Crippen LogP contribution is -2.23. The third kappa shape index (κ3) is 4.98. The van der Waals surface area contributed by atoms with Crippen molar-refractivity contribution < 1.29 is 24.3 Å². The van der Waals surface area contributed by atoms with Crippen LogP contribution in [0.25, 0.3) is 0 Å². The fourth-order valence-corrected chi connectivity index (χ4v) is 4.70. The minimum absolute atomic E-state index is 0.0115. The molecule has 0 amide bonds. The standard InChI is InChI=1S/C26H30N2O5/c1-2-18(15-29)27-19(25-21(30)9-6-10-22(25)31)11-12-20-26-23(32)13-17(14-24(26)33-28-20)16-7-4-3-5-8-16/h3-5,7-8,17-18,29-30H,2,6,9-15H2,1H3. The number of aryl methyl sites for hydroxylation is 1. The van der Waals surface area contributed by atoms with E-state index in [9.17, 15) is 19.8 Å². The first-order chi connectivity index (χ1) is 16.0. The van der Waals surface area contributed by atoms with E-state index in [0.29, 0.717) is 74.1 Å². The summed E-state index contributed by atoms with van der Waals surface area (Å²) in [6.45, 7) is 1.77. The predicted octanol–water partition coefficient (Wildman–Crippen LogP) is 4.30. The highest BCUT2D eigenvalue weighted by Gasteiger charge is 2.33. The summed E-state index contributed by atoms with van der Waals surface area (Å²) in [7, 11) is 0. The number of aliphatic hydroxyl groups excluding tert-OH is 2. The van der Waals surface area contributed by atoms with Gasteiger partial charge < -0.3 is 14.7 Å². The van der Waals surface area contributed by atoms with Gasteiger partial charge in [0.25, 0.3) is 0 Å². The van der Waals surface area contributed by atoms with E-state index in [1.165, 1.54) is 0 Å². The molecule has 2 unspecified atom stereocenters. The molecule has 7 heteroatoms. The number of hydrogen-bond donors (Lipinski definition) is 2. The number of carbonyl (C=O) groups is 2. The Morgan fingerprint density at radius 3 is 2.67 bits per heavy atom. The fraction of sp³-hybridized carbons (Fsp3) is 0.462. The predicted molar refractivity (Wildman–Crippen MR) is 124 cm³/mol. The number of aliphatic hydroxyl groups is 2. The summed E-state index contributed by atoms with van der Waals surface area (Å²) in [5.41, 5.74) is 2.96. The van der Waals surface area contributed by atoms with Crippen LogP contribution in [0.2, 0.25) is 0 Å². The van der Waals surface area contributed by atoms with Gasteiger partial charge >= 0.3 is 0 Å². The normalized spacial score (nSPS) is 20.2. The van der Waals surface area contributed by atoms with E-state index in [-0.39, 0.29) is 41.5 Å². The van der Waals surface area contributed by atoms with Crippen LogP contribution in [-0.2, 0) is 17.6 Å². The summed E-state index contributed by atoms with van der Waals surface area (Å²) < 4.78 is 5.57. The molecule has 33 heavy (non-hydrogen) atoms. The molecule has 2 atom stereocenters. The Hall–Kier alpha value is -3.06. The molecule has 0 saturated carbocycles. The van der Waals surface area contributed by atoms with Gasteiger partial charge in [-0.25, -0.2) is 0 Å². The average molecular weight is 451 g/mol. The minimum Gasteiger partial charge on any atom is -0.511 e. The number of carbonyl (C=O) groups excluding carboxylic acids is 2. The smallest absolute Gasteiger partial charge is 0.168 e. The second kappa shape index (κ2) is 10.3. The highest BCUT2D eigenvalue weighted by Crippen LogP contribution is 2.35. The van der Waals surface area contributed by atoms with Crippen molar-refractivity contribution in [2.24, 2.45) is 4.99 Å². The molecule has 4 rings (SSSR count). The number of ketones is 2. The van der Waals surface area contributed by atoms with Gasteiger partial charge in [-0.15, -0.1) is 0 Å². The molecule has 2 aliphatic rings. The van der Waals surface area contributed by atoms with E-state index in [0.717, 1.165) is 5.56 Å². The van der Waals surface area contributed by atoms with Crippen LogP contribution in [0.1, 0.15) is 78.7 Å². The van der Waals surface area contributed by atoms with Gasteiger partial charge in [-0.1, -0.05) is 42.4 Å². The molecule has 2 N–H and O–H groups in total. The van der Waals surface area contributed by atoms with Crippen LogP contribution in [0.15, 0.2) is 51.2 Å². The third-order valence-corrected chi connectivity index (χ3v) is 6.54. The van der Waals surface area contributed by atoms with Gasteiger partial charge in [-0.2, -0.15) is 0 Å². The van der Waals surface area contributed by atoms with Crippen LogP contribution < -0.4 is 0 Å². The second-order valence-corrected chi connectivity index (χ2v) is 8.79. The molecule has 2 aliphatic carbocycles. The second-order valence-electron chi connectivity index (χ2n) is 8.79. The van der Waals surface area contributed by atoms with Gasteiger partial charge in [0.1, 0.15) is 11.5 Å². The number of aromatic nitrogens is 1. The molecule has 1 aromatic carbocycles. The van der Waals surface area contributed by atoms with Crippen molar-refractivity contribution in [2.45, 2.75) is 70.3 Å². The van der Waals surface area contributed by atoms with Crippen molar-refractivity contribution in [3.8, 4) is 0 Å². The van der Waals surface area contributed by atoms with Gasteiger partial charge in [-0.3, -0.25) is 14.6 Å². The Morgan fingerprint density at radius 1 is 1.18 bits per heavy atom. The number of rotatable bonds is 8. The van der Waals surface area contributed by atoms with Gasteiger partial charge in [0.05, 0.1) is 29.5 Å². The van der Waals surface area contributed by atoms with E-state index < -0.39 is 0 Å². The molecule has 2 aromatic rings. The SMILES string of the molecule is CCC(CO)N=C(CCc1noc2c1C(=O)CC(c1ccccc1)C2)C1=C(O)CCCC1=O. The van der Waals surface area contributed by atoms with Crippen molar-refractivity contribution in [1.29, 1.82) is 0 Å². The minimum atomic E-state index is -0.352. The zero-order valence-electron chi connectivity index (χ0n) is 18.9. The highest BCUT2D eigenvalue weighted by atomic mass is 16.5. The monoisotopic (exact) mass is 450 g/mol. The molecule has 0 radical (unpaired) electrons. The van der Waals surface area contributed by atoms with Crippen LogP contribution in [0, 0.1) is 0 Å². The van der Waals surface area contributed by atoms with Gasteiger partial charge in [0.15, 0.2) is 11.6 Å². The number of nitrogens with zero attached hydrogens (tertiary/aromatic N) is 2. The number of fused-ring (bicyclic) bond motifs is 1. The molecular formula is C26H30N2O5. The molecule has 7 nitrogen and oxygen atoms in total. The lowest BCUT2D eigenvalue weighted by Gasteiger charge is -2.21. The van der Waals surface area contributed by atoms with Gasteiger partial charge in [0.2, 0.25) is 0 Å². The van der Waals surface area contributed by atoms with Crippen LogP contribution >= 0.6 is 0 Å². The Labute approximate surface area is 193 Å². The highest BCUT2D eigenvalue weighted by molar-refractivity contribution is 6.23. The molecule has 0 bridgehead atoms. The summed E-state index contributed by atoms with van der Waals surface area (Å²) in [5, 5.41) is 24.2. The van der Waals surface area contributed by atoms with Crippen molar-refractivity contribution in [3.63, 3.8) is 0 Å². The summed E-state index contributed by atoms with van der Waals surface area (Å²) in [5.74, 6) is 0.612. The van der Waals surface area contributed by atoms with Crippen LogP contribution in [0.3, 0.4) is 0 Å². The molecule has 1 heterocycles. The zero-order valence-corrected chi connectivity index (χ0v) is 18.9. The average Bonchev–Trinajstić information content (AvgIpc) is 3.24. The maximum atomic E-state index is 13.0. The molecule has 0 saturated heterocycles. The largest absolute Gasteiger partial charge is 0.511 e. The summed E-state index contributed by atoms with van der Waals surface area (Å²) >= 11 is 0.